The third-order valence-corrected chi connectivity index (χ3v) is 5.56. The van der Waals surface area contributed by atoms with Crippen LogP contribution in [-0.2, 0) is 4.74 Å². The molecule has 1 aromatic carbocycles. The first-order valence-corrected chi connectivity index (χ1v) is 10.1. The summed E-state index contributed by atoms with van der Waals surface area (Å²) < 4.78 is 5.34. The van der Waals surface area contributed by atoms with Crippen LogP contribution in [0.25, 0.3) is 0 Å². The predicted molar refractivity (Wildman–Crippen MR) is 110 cm³/mol. The van der Waals surface area contributed by atoms with Crippen LogP contribution in [0.5, 0.6) is 0 Å². The van der Waals surface area contributed by atoms with E-state index in [9.17, 15) is 4.79 Å². The first-order valence-electron chi connectivity index (χ1n) is 10.1. The third kappa shape index (κ3) is 4.51. The number of anilines is 1. The standard InChI is InChI=1S/C22H28N4O2/c27-22(19-7-2-1-3-8-19)26(20-17-28-18-20)12-6-11-24-13-15-25(16-14-24)21-9-4-5-10-23-21/h1-5,7-10,20H,6,11-18H2. The highest BCUT2D eigenvalue weighted by molar-refractivity contribution is 5.94. The number of nitrogens with zero attached hydrogens (tertiary/aromatic N) is 4. The van der Waals surface area contributed by atoms with Gasteiger partial charge < -0.3 is 14.5 Å². The molecular weight excluding hydrogens is 352 g/mol. The molecule has 4 rings (SSSR count). The van der Waals surface area contributed by atoms with Crippen LogP contribution in [0.2, 0.25) is 0 Å². The van der Waals surface area contributed by atoms with E-state index in [1.54, 1.807) is 0 Å². The van der Waals surface area contributed by atoms with E-state index in [-0.39, 0.29) is 11.9 Å². The summed E-state index contributed by atoms with van der Waals surface area (Å²) in [5.74, 6) is 1.18. The van der Waals surface area contributed by atoms with Gasteiger partial charge in [-0.05, 0) is 37.2 Å². The van der Waals surface area contributed by atoms with Crippen molar-refractivity contribution in [2.24, 2.45) is 0 Å². The Balaban J connectivity index is 1.26. The highest BCUT2D eigenvalue weighted by atomic mass is 16.5. The Kier molecular flexibility index (Phi) is 6.19. The number of pyridine rings is 1. The minimum Gasteiger partial charge on any atom is -0.377 e. The predicted octanol–water partition coefficient (Wildman–Crippen LogP) is 2.13. The molecule has 0 spiro atoms. The van der Waals surface area contributed by atoms with E-state index >= 15 is 0 Å². The van der Waals surface area contributed by atoms with Gasteiger partial charge in [0, 0.05) is 44.5 Å². The van der Waals surface area contributed by atoms with E-state index in [4.69, 9.17) is 4.74 Å². The Bertz CT molecular complexity index is 744. The van der Waals surface area contributed by atoms with Crippen LogP contribution in [0.4, 0.5) is 5.82 Å². The van der Waals surface area contributed by atoms with Gasteiger partial charge in [0.05, 0.1) is 19.3 Å². The normalized spacial score (nSPS) is 17.9. The van der Waals surface area contributed by atoms with Gasteiger partial charge in [0.25, 0.3) is 5.91 Å². The van der Waals surface area contributed by atoms with Gasteiger partial charge in [-0.25, -0.2) is 4.98 Å². The number of amides is 1. The number of rotatable bonds is 7. The van der Waals surface area contributed by atoms with Crippen molar-refractivity contribution < 1.29 is 9.53 Å². The lowest BCUT2D eigenvalue weighted by molar-refractivity contribution is -0.0547. The summed E-state index contributed by atoms with van der Waals surface area (Å²) in [6.45, 7) is 7.18. The quantitative estimate of drug-likeness (QED) is 0.737. The van der Waals surface area contributed by atoms with Gasteiger partial charge in [0.15, 0.2) is 0 Å². The molecule has 0 bridgehead atoms. The average molecular weight is 380 g/mol. The van der Waals surface area contributed by atoms with Crippen molar-refractivity contribution in [3.63, 3.8) is 0 Å². The summed E-state index contributed by atoms with van der Waals surface area (Å²) in [7, 11) is 0. The van der Waals surface area contributed by atoms with Crippen LogP contribution in [0.3, 0.4) is 0 Å². The molecule has 0 aliphatic carbocycles. The fourth-order valence-electron chi connectivity index (χ4n) is 3.81. The van der Waals surface area contributed by atoms with Gasteiger partial charge in [0.1, 0.15) is 5.82 Å². The molecule has 0 unspecified atom stereocenters. The molecule has 2 aromatic rings. The Hall–Kier alpha value is -2.44. The number of hydrogen-bond acceptors (Lipinski definition) is 5. The second-order valence-corrected chi connectivity index (χ2v) is 7.43. The molecule has 3 heterocycles. The molecule has 2 aliphatic heterocycles. The SMILES string of the molecule is O=C(c1ccccc1)N(CCCN1CCN(c2ccccn2)CC1)C1COC1. The van der Waals surface area contributed by atoms with Gasteiger partial charge in [0.2, 0.25) is 0 Å². The monoisotopic (exact) mass is 380 g/mol. The van der Waals surface area contributed by atoms with Crippen molar-refractivity contribution in [1.29, 1.82) is 0 Å². The molecule has 0 N–H and O–H groups in total. The summed E-state index contributed by atoms with van der Waals surface area (Å²) in [5.41, 5.74) is 0.762. The average Bonchev–Trinajstić information content (AvgIpc) is 2.73. The maximum atomic E-state index is 12.9. The van der Waals surface area contributed by atoms with Crippen molar-refractivity contribution in [1.82, 2.24) is 14.8 Å². The van der Waals surface area contributed by atoms with Crippen molar-refractivity contribution in [2.45, 2.75) is 12.5 Å². The Morgan fingerprint density at radius 2 is 1.79 bits per heavy atom. The largest absolute Gasteiger partial charge is 0.377 e. The maximum Gasteiger partial charge on any atom is 0.254 e. The molecule has 2 fully saturated rings. The molecule has 1 aromatic heterocycles. The van der Waals surface area contributed by atoms with Gasteiger partial charge in [-0.2, -0.15) is 0 Å². The molecule has 2 aliphatic rings. The highest BCUT2D eigenvalue weighted by Crippen LogP contribution is 2.16. The van der Waals surface area contributed by atoms with Gasteiger partial charge >= 0.3 is 0 Å². The van der Waals surface area contributed by atoms with Gasteiger partial charge in [-0.1, -0.05) is 24.3 Å². The molecule has 1 amide bonds. The first kappa shape index (κ1) is 18.9. The number of benzene rings is 1. The van der Waals surface area contributed by atoms with E-state index < -0.39 is 0 Å². The first-order chi connectivity index (χ1) is 13.8. The van der Waals surface area contributed by atoms with Crippen molar-refractivity contribution >= 4 is 11.7 Å². The van der Waals surface area contributed by atoms with Crippen LogP contribution in [0.1, 0.15) is 16.8 Å². The molecule has 6 heteroatoms. The third-order valence-electron chi connectivity index (χ3n) is 5.56. The van der Waals surface area contributed by atoms with Crippen molar-refractivity contribution in [3.05, 3.63) is 60.3 Å². The van der Waals surface area contributed by atoms with E-state index in [1.165, 1.54) is 0 Å². The van der Waals surface area contributed by atoms with Crippen LogP contribution in [0.15, 0.2) is 54.7 Å². The summed E-state index contributed by atoms with van der Waals surface area (Å²) >= 11 is 0. The molecule has 0 atom stereocenters. The van der Waals surface area contributed by atoms with E-state index in [2.05, 4.69) is 20.9 Å². The van der Waals surface area contributed by atoms with E-state index in [1.807, 2.05) is 53.6 Å². The number of piperazine rings is 1. The summed E-state index contributed by atoms with van der Waals surface area (Å²) in [5, 5.41) is 0. The van der Waals surface area contributed by atoms with E-state index in [0.29, 0.717) is 13.2 Å². The number of carbonyl (C=O) groups is 1. The minimum absolute atomic E-state index is 0.119. The van der Waals surface area contributed by atoms with Crippen molar-refractivity contribution in [2.75, 3.05) is 57.4 Å². The summed E-state index contributed by atoms with van der Waals surface area (Å²) in [4.78, 5) is 24.2. The fourth-order valence-corrected chi connectivity index (χ4v) is 3.81. The van der Waals surface area contributed by atoms with Crippen LogP contribution in [0, 0.1) is 0 Å². The van der Waals surface area contributed by atoms with Gasteiger partial charge in [-0.3, -0.25) is 9.69 Å². The maximum absolute atomic E-state index is 12.9. The molecule has 6 nitrogen and oxygen atoms in total. The highest BCUT2D eigenvalue weighted by Gasteiger charge is 2.30. The molecule has 0 radical (unpaired) electrons. The molecule has 28 heavy (non-hydrogen) atoms. The lowest BCUT2D eigenvalue weighted by atomic mass is 10.1. The van der Waals surface area contributed by atoms with Crippen LogP contribution < -0.4 is 4.90 Å². The number of carbonyl (C=O) groups excluding carboxylic acids is 1. The van der Waals surface area contributed by atoms with Crippen LogP contribution >= 0.6 is 0 Å². The number of ether oxygens (including phenoxy) is 1. The van der Waals surface area contributed by atoms with Crippen molar-refractivity contribution in [3.8, 4) is 0 Å². The molecule has 2 saturated heterocycles. The topological polar surface area (TPSA) is 48.9 Å². The van der Waals surface area contributed by atoms with E-state index in [0.717, 1.165) is 57.1 Å². The summed E-state index contributed by atoms with van der Waals surface area (Å²) in [6, 6.07) is 15.9. The van der Waals surface area contributed by atoms with Gasteiger partial charge in [-0.15, -0.1) is 0 Å². The zero-order valence-corrected chi connectivity index (χ0v) is 16.2. The minimum atomic E-state index is 0.119. The van der Waals surface area contributed by atoms with Crippen LogP contribution in [-0.4, -0.2) is 79.2 Å². The second kappa shape index (κ2) is 9.17. The summed E-state index contributed by atoms with van der Waals surface area (Å²) in [6.07, 6.45) is 2.84. The zero-order valence-electron chi connectivity index (χ0n) is 16.2. The Morgan fingerprint density at radius 1 is 1.04 bits per heavy atom. The molecular formula is C22H28N4O2. The lowest BCUT2D eigenvalue weighted by Crippen LogP contribution is -2.52. The second-order valence-electron chi connectivity index (χ2n) is 7.43. The number of aromatic nitrogens is 1. The Morgan fingerprint density at radius 3 is 2.43 bits per heavy atom. The lowest BCUT2D eigenvalue weighted by Gasteiger charge is -2.39. The molecule has 0 saturated carbocycles. The Labute approximate surface area is 166 Å². The zero-order chi connectivity index (χ0) is 19.2. The number of hydrogen-bond donors (Lipinski definition) is 0. The smallest absolute Gasteiger partial charge is 0.254 e. The fraction of sp³-hybridized carbons (Fsp3) is 0.455. The molecule has 148 valence electrons.